The lowest BCUT2D eigenvalue weighted by Crippen LogP contribution is -2.65. The molecule has 12 atom stereocenters. The topological polar surface area (TPSA) is 228 Å². The molecule has 2 aliphatic heterocycles. The van der Waals surface area contributed by atoms with Crippen LogP contribution in [-0.2, 0) is 23.7 Å². The number of carbonyl (C=O) groups excluding carboxylic acids is 1. The van der Waals surface area contributed by atoms with Gasteiger partial charge in [-0.25, -0.2) is 0 Å². The Morgan fingerprint density at radius 3 is 1.27 bits per heavy atom. The molecule has 12 unspecified atom stereocenters. The lowest BCUT2D eigenvalue weighted by molar-refractivity contribution is -0.359. The molecule has 0 aromatic heterocycles. The van der Waals surface area contributed by atoms with Gasteiger partial charge in [0.05, 0.1) is 32.0 Å². The Morgan fingerprint density at radius 1 is 0.451 bits per heavy atom. The minimum atomic E-state index is -1.80. The molecular weight excluding hydrogens is 1040 g/mol. The van der Waals surface area contributed by atoms with E-state index in [2.05, 4.69) is 79.9 Å². The Bertz CT molecular complexity index is 1700. The van der Waals surface area contributed by atoms with Crippen molar-refractivity contribution in [1.82, 2.24) is 5.32 Å². The number of hydrogen-bond acceptors (Lipinski definition) is 13. The van der Waals surface area contributed by atoms with Crippen LogP contribution in [0, 0.1) is 0 Å². The summed E-state index contributed by atoms with van der Waals surface area (Å²) in [6.45, 7) is 2.65. The summed E-state index contributed by atoms with van der Waals surface area (Å²) in [6, 6.07) is -0.962. The number of allylic oxidation sites excluding steroid dienone is 13. The molecule has 0 bridgehead atoms. The number of aliphatic hydroxyl groups is 8. The number of unbranched alkanes of at least 4 members (excludes halogenated alkanes) is 27. The average molecular weight is 1160 g/mol. The quantitative estimate of drug-likeness (QED) is 0.0204. The van der Waals surface area contributed by atoms with Crippen LogP contribution in [0.25, 0.3) is 0 Å². The Balaban J connectivity index is 1.73. The highest BCUT2D eigenvalue weighted by molar-refractivity contribution is 5.76. The van der Waals surface area contributed by atoms with Gasteiger partial charge < -0.3 is 65.1 Å². The van der Waals surface area contributed by atoms with E-state index < -0.39 is 86.8 Å². The minimum absolute atomic E-state index is 0.152. The summed E-state index contributed by atoms with van der Waals surface area (Å²) in [5.41, 5.74) is 0. The van der Waals surface area contributed by atoms with E-state index in [0.717, 1.165) is 64.2 Å². The zero-order valence-corrected chi connectivity index (χ0v) is 51.2. The van der Waals surface area contributed by atoms with Gasteiger partial charge in [0.1, 0.15) is 48.8 Å². The fraction of sp³-hybridized carbons (Fsp3) is 0.779. The molecule has 1 amide bonds. The predicted octanol–water partition coefficient (Wildman–Crippen LogP) is 12.4. The molecule has 0 aromatic carbocycles. The van der Waals surface area contributed by atoms with Crippen LogP contribution in [0.5, 0.6) is 0 Å². The van der Waals surface area contributed by atoms with Gasteiger partial charge in [-0.15, -0.1) is 0 Å². The maximum Gasteiger partial charge on any atom is 0.220 e. The summed E-state index contributed by atoms with van der Waals surface area (Å²) in [5.74, 6) is -0.322. The van der Waals surface area contributed by atoms with Gasteiger partial charge >= 0.3 is 0 Å². The number of carbonyl (C=O) groups is 1. The van der Waals surface area contributed by atoms with Gasteiger partial charge in [0.25, 0.3) is 0 Å². The summed E-state index contributed by atoms with van der Waals surface area (Å²) in [5, 5.41) is 87.2. The van der Waals surface area contributed by atoms with Crippen LogP contribution in [0.3, 0.4) is 0 Å². The van der Waals surface area contributed by atoms with Gasteiger partial charge in [-0.05, 0) is 57.8 Å². The van der Waals surface area contributed by atoms with Crippen LogP contribution in [0.4, 0.5) is 0 Å². The molecule has 0 saturated carbocycles. The van der Waals surface area contributed by atoms with Crippen molar-refractivity contribution in [3.05, 3.63) is 85.1 Å². The lowest BCUT2D eigenvalue weighted by atomic mass is 9.97. The molecule has 0 spiro atoms. The second-order valence-electron chi connectivity index (χ2n) is 22.9. The maximum atomic E-state index is 13.2. The van der Waals surface area contributed by atoms with E-state index in [4.69, 9.17) is 18.9 Å². The Hall–Kier alpha value is -2.83. The lowest BCUT2D eigenvalue weighted by Gasteiger charge is -2.46. The van der Waals surface area contributed by atoms with Crippen molar-refractivity contribution in [2.24, 2.45) is 0 Å². The van der Waals surface area contributed by atoms with Crippen LogP contribution >= 0.6 is 0 Å². The van der Waals surface area contributed by atoms with Crippen molar-refractivity contribution in [2.75, 3.05) is 19.8 Å². The van der Waals surface area contributed by atoms with Crippen LogP contribution in [-0.4, -0.2) is 140 Å². The fourth-order valence-corrected chi connectivity index (χ4v) is 10.4. The molecule has 0 aromatic rings. The molecule has 0 radical (unpaired) electrons. The molecule has 2 saturated heterocycles. The number of hydrogen-bond donors (Lipinski definition) is 9. The summed E-state index contributed by atoms with van der Waals surface area (Å²) < 4.78 is 22.8. The summed E-state index contributed by atoms with van der Waals surface area (Å²) >= 11 is 0. The Labute approximate surface area is 497 Å². The van der Waals surface area contributed by atoms with Crippen molar-refractivity contribution in [1.29, 1.82) is 0 Å². The first kappa shape index (κ1) is 75.3. The van der Waals surface area contributed by atoms with Gasteiger partial charge in [0, 0.05) is 6.42 Å². The van der Waals surface area contributed by atoms with E-state index in [1.807, 2.05) is 18.2 Å². The van der Waals surface area contributed by atoms with Crippen LogP contribution in [0.1, 0.15) is 245 Å². The number of aliphatic hydroxyl groups excluding tert-OH is 8. The molecule has 14 heteroatoms. The van der Waals surface area contributed by atoms with Gasteiger partial charge in [-0.3, -0.25) is 4.79 Å². The summed E-state index contributed by atoms with van der Waals surface area (Å²) in [7, 11) is 0. The van der Waals surface area contributed by atoms with Gasteiger partial charge in [0.2, 0.25) is 5.91 Å². The monoisotopic (exact) mass is 1160 g/mol. The zero-order valence-electron chi connectivity index (χ0n) is 51.2. The van der Waals surface area contributed by atoms with Crippen LogP contribution in [0.2, 0.25) is 0 Å². The van der Waals surface area contributed by atoms with E-state index in [-0.39, 0.29) is 18.9 Å². The molecule has 2 rings (SSSR count). The van der Waals surface area contributed by atoms with Gasteiger partial charge in [0.15, 0.2) is 12.6 Å². The molecule has 2 fully saturated rings. The van der Waals surface area contributed by atoms with E-state index in [0.29, 0.717) is 6.42 Å². The summed E-state index contributed by atoms with van der Waals surface area (Å²) in [4.78, 5) is 13.2. The van der Waals surface area contributed by atoms with E-state index in [9.17, 15) is 45.6 Å². The van der Waals surface area contributed by atoms with Crippen LogP contribution in [0.15, 0.2) is 85.1 Å². The summed E-state index contributed by atoms with van der Waals surface area (Å²) in [6.07, 6.45) is 55.1. The number of nitrogens with one attached hydrogen (secondary N) is 1. The fourth-order valence-electron chi connectivity index (χ4n) is 10.4. The van der Waals surface area contributed by atoms with Crippen molar-refractivity contribution in [3.8, 4) is 0 Å². The highest BCUT2D eigenvalue weighted by Crippen LogP contribution is 2.30. The average Bonchev–Trinajstić information content (AvgIpc) is 3.67. The first-order chi connectivity index (χ1) is 40.1. The molecule has 2 heterocycles. The normalized spacial score (nSPS) is 24.5. The number of ether oxygens (including phenoxy) is 4. The molecule has 2 aliphatic rings. The second-order valence-corrected chi connectivity index (χ2v) is 22.9. The highest BCUT2D eigenvalue weighted by Gasteiger charge is 2.51. The molecule has 0 aliphatic carbocycles. The number of rotatable bonds is 52. The van der Waals surface area contributed by atoms with Crippen molar-refractivity contribution < 1.29 is 64.6 Å². The SMILES string of the molecule is CC/C=C\C/C=C\C/C=C\C/C=C\C/C=C\C/C=C\CCC(=O)NC(COC1OC(CO)C(OC2OC(CO)C(O)C(O)C2O)C(O)C1O)C(O)/C=C/CCCCCCCCCCCCCCCCCCCCCCCCCCCCC. The molecular formula is C68H119NO13. The van der Waals surface area contributed by atoms with E-state index in [1.54, 1.807) is 6.08 Å². The van der Waals surface area contributed by atoms with Crippen molar-refractivity contribution in [2.45, 2.75) is 319 Å². The van der Waals surface area contributed by atoms with Crippen LogP contribution < -0.4 is 5.32 Å². The highest BCUT2D eigenvalue weighted by atomic mass is 16.7. The maximum absolute atomic E-state index is 13.2. The smallest absolute Gasteiger partial charge is 0.220 e. The standard InChI is InChI=1S/C68H119NO13/c1-3-5-7-9-11-13-15-17-19-21-23-24-25-26-27-28-29-30-31-32-34-35-37-39-41-43-45-47-49-51-57(72)56(69-60(73)52-50-48-46-44-42-40-38-36-33-22-20-18-16-14-12-10-8-6-4-2)55-79-67-65(78)63(76)66(59(54-71)81-67)82-68-64(77)62(75)61(74)58(53-70)80-68/h6,8,12,14,18,20,33,36,40,42,46,48-49,51,56-59,61-68,70-72,74-78H,3-5,7,9-11,13,15-17,19,21-32,34-35,37-39,41,43-45,47,50,52-55H2,1-2H3,(H,69,73)/b8-6-,14-12-,20-18-,36-33-,42-40-,48-46-,51-49+. The molecule has 9 N–H and O–H groups in total. The van der Waals surface area contributed by atoms with Crippen molar-refractivity contribution >= 4 is 5.91 Å². The first-order valence-corrected chi connectivity index (χ1v) is 32.8. The molecule has 82 heavy (non-hydrogen) atoms. The van der Waals surface area contributed by atoms with Gasteiger partial charge in [-0.1, -0.05) is 266 Å². The van der Waals surface area contributed by atoms with Gasteiger partial charge in [-0.2, -0.15) is 0 Å². The third-order valence-electron chi connectivity index (χ3n) is 15.6. The molecule has 14 nitrogen and oxygen atoms in total. The third-order valence-corrected chi connectivity index (χ3v) is 15.6. The zero-order chi connectivity index (χ0) is 59.5. The third kappa shape index (κ3) is 36.9. The second kappa shape index (κ2) is 52.5. The van der Waals surface area contributed by atoms with Crippen molar-refractivity contribution in [3.63, 3.8) is 0 Å². The number of amides is 1. The Kier molecular flexibility index (Phi) is 48.2. The molecule has 474 valence electrons. The van der Waals surface area contributed by atoms with E-state index in [1.165, 1.54) is 154 Å². The predicted molar refractivity (Wildman–Crippen MR) is 332 cm³/mol. The first-order valence-electron chi connectivity index (χ1n) is 32.8. The largest absolute Gasteiger partial charge is 0.394 e. The Morgan fingerprint density at radius 2 is 0.841 bits per heavy atom. The van der Waals surface area contributed by atoms with E-state index >= 15 is 0 Å². The minimum Gasteiger partial charge on any atom is -0.394 e.